The summed E-state index contributed by atoms with van der Waals surface area (Å²) in [6, 6.07) is 0. The number of rotatable bonds is 17. The zero-order valence-electron chi connectivity index (χ0n) is 62.7. The molecule has 0 aromatic heterocycles. The van der Waals surface area contributed by atoms with Gasteiger partial charge in [-0.2, -0.15) is 0 Å². The number of cyclic esters (lactones) is 2. The van der Waals surface area contributed by atoms with Gasteiger partial charge in [0.05, 0.1) is 116 Å². The van der Waals surface area contributed by atoms with Crippen molar-refractivity contribution in [3.63, 3.8) is 0 Å². The van der Waals surface area contributed by atoms with Crippen molar-refractivity contribution < 1.29 is 97.8 Å². The second-order valence-corrected chi connectivity index (χ2v) is 29.9. The average Bonchev–Trinajstić information content (AvgIpc) is 0.852. The van der Waals surface area contributed by atoms with Crippen molar-refractivity contribution in [3.05, 3.63) is 71.9 Å². The van der Waals surface area contributed by atoms with Crippen LogP contribution in [0, 0.1) is 47.3 Å². The molecule has 4 aliphatic rings. The lowest BCUT2D eigenvalue weighted by atomic mass is 9.79. The van der Waals surface area contributed by atoms with Crippen LogP contribution in [0.2, 0.25) is 0 Å². The highest BCUT2D eigenvalue weighted by Gasteiger charge is 2.42. The molecule has 0 spiro atoms. The third kappa shape index (κ3) is 29.8. The maximum Gasteiger partial charge on any atom is 0.331 e. The fourth-order valence-electron chi connectivity index (χ4n) is 14.8. The Morgan fingerprint density at radius 1 is 0.490 bits per heavy atom. The summed E-state index contributed by atoms with van der Waals surface area (Å²) in [5.41, 5.74) is 1.42. The van der Waals surface area contributed by atoms with Crippen LogP contribution in [0.25, 0.3) is 0 Å². The second-order valence-electron chi connectivity index (χ2n) is 29.9. The average molecular weight is 1390 g/mol. The Labute approximate surface area is 588 Å². The Bertz CT molecular complexity index is 2430. The Hall–Kier alpha value is -3.26. The van der Waals surface area contributed by atoms with Crippen LogP contribution in [0.1, 0.15) is 199 Å². The van der Waals surface area contributed by atoms with E-state index >= 15 is 0 Å². The van der Waals surface area contributed by atoms with Crippen molar-refractivity contribution in [3.8, 4) is 0 Å². The van der Waals surface area contributed by atoms with Crippen molar-refractivity contribution in [1.82, 2.24) is 0 Å². The summed E-state index contributed by atoms with van der Waals surface area (Å²) >= 11 is 0. The minimum absolute atomic E-state index is 0.00830. The lowest BCUT2D eigenvalue weighted by Gasteiger charge is -2.38. The standard InChI is InChI=1S/C78H134O20/c1-46-25-31-58(79)21-18-19-22-60(89-13)42-70(92-16)52(7)67(81)44-68(82)54(9)76(87)57(12)78(49(4)30-34-64-41-66(91-15)38-51(6)95-64)98-74(85)36-28-47(2)26-32-59(80)39-61-23-20-24-62(96-61)43-71(93-17)53(8)69(83)45-72(97-73(84)35-27-46)55(10)77(88)56(11)75(86)48(3)29-33-63-40-65(90-14)37-50(5)94-63/h18-20,23,25-28,35-36,48-72,75-83,86-88H,21-22,24,29-34,37-45H2,1-17H3/b19-18-,35-27+,36-28+,46-25+,47-26+/t48?,49?,50?,51?,52-,53-,54-,55?,56?,57?,58+,59?,60?,61-,62?,63?,64?,65+,66+,67-,68?,69-,70-,71-,72+,75-,76?,77?,78?/m0/s1. The topological polar surface area (TPSA) is 288 Å². The van der Waals surface area contributed by atoms with E-state index in [1.54, 1.807) is 68.5 Å². The van der Waals surface area contributed by atoms with E-state index in [1.807, 2.05) is 98.8 Å². The molecule has 0 aliphatic carbocycles. The van der Waals surface area contributed by atoms with Gasteiger partial charge in [0.25, 0.3) is 0 Å². The van der Waals surface area contributed by atoms with Crippen molar-refractivity contribution >= 4 is 11.9 Å². The first-order valence-corrected chi connectivity index (χ1v) is 36.9. The van der Waals surface area contributed by atoms with E-state index in [-0.39, 0.29) is 86.4 Å². The molecule has 0 amide bonds. The summed E-state index contributed by atoms with van der Waals surface area (Å²) in [7, 11) is 8.18. The zero-order valence-corrected chi connectivity index (χ0v) is 62.7. The number of carbonyl (C=O) groups excluding carboxylic acids is 2. The van der Waals surface area contributed by atoms with Gasteiger partial charge in [-0.1, -0.05) is 115 Å². The molecule has 4 rings (SSSR count). The van der Waals surface area contributed by atoms with Gasteiger partial charge in [0.1, 0.15) is 12.2 Å². The molecule has 8 N–H and O–H groups in total. The van der Waals surface area contributed by atoms with Gasteiger partial charge in [-0.3, -0.25) is 0 Å². The first-order chi connectivity index (χ1) is 46.4. The fourth-order valence-corrected chi connectivity index (χ4v) is 14.8. The lowest BCUT2D eigenvalue weighted by molar-refractivity contribution is -0.155. The largest absolute Gasteiger partial charge is 0.459 e. The van der Waals surface area contributed by atoms with Gasteiger partial charge in [0.2, 0.25) is 0 Å². The van der Waals surface area contributed by atoms with E-state index in [1.165, 1.54) is 12.2 Å². The van der Waals surface area contributed by atoms with E-state index in [4.69, 9.17) is 47.4 Å². The number of aliphatic hydroxyl groups is 8. The third-order valence-electron chi connectivity index (χ3n) is 22.0. The van der Waals surface area contributed by atoms with Crippen molar-refractivity contribution in [2.75, 3.05) is 35.5 Å². The normalized spacial score (nSPS) is 40.2. The summed E-state index contributed by atoms with van der Waals surface area (Å²) in [5.74, 6) is -5.40. The van der Waals surface area contributed by atoms with Crippen LogP contribution in [-0.4, -0.2) is 217 Å². The number of esters is 2. The summed E-state index contributed by atoms with van der Waals surface area (Å²) < 4.78 is 60.7. The summed E-state index contributed by atoms with van der Waals surface area (Å²) in [6.07, 6.45) is 14.6. The highest BCUT2D eigenvalue weighted by molar-refractivity contribution is 5.83. The van der Waals surface area contributed by atoms with Crippen molar-refractivity contribution in [2.45, 2.75) is 327 Å². The van der Waals surface area contributed by atoms with E-state index < -0.39 is 127 Å². The molecule has 20 heteroatoms. The van der Waals surface area contributed by atoms with E-state index in [0.29, 0.717) is 68.9 Å². The minimum atomic E-state index is -1.14. The second kappa shape index (κ2) is 45.1. The van der Waals surface area contributed by atoms with Crippen LogP contribution in [0.4, 0.5) is 0 Å². The monoisotopic (exact) mass is 1390 g/mol. The number of allylic oxidation sites excluding steroid dienone is 4. The number of aliphatic hydroxyl groups excluding tert-OH is 8. The van der Waals surface area contributed by atoms with Crippen LogP contribution >= 0.6 is 0 Å². The first kappa shape index (κ1) is 87.1. The maximum absolute atomic E-state index is 13.8. The third-order valence-corrected chi connectivity index (χ3v) is 22.0. The van der Waals surface area contributed by atoms with Crippen LogP contribution in [0.15, 0.2) is 71.9 Å². The minimum Gasteiger partial charge on any atom is -0.459 e. The molecular weight excluding hydrogens is 1260 g/mol. The number of hydrogen-bond donors (Lipinski definition) is 8. The van der Waals surface area contributed by atoms with Crippen LogP contribution < -0.4 is 0 Å². The number of carbonyl (C=O) groups is 2. The molecule has 20 nitrogen and oxygen atoms in total. The Morgan fingerprint density at radius 2 is 1.00 bits per heavy atom. The summed E-state index contributed by atoms with van der Waals surface area (Å²) in [4.78, 5) is 27.7. The molecule has 4 heterocycles. The smallest absolute Gasteiger partial charge is 0.331 e. The van der Waals surface area contributed by atoms with Gasteiger partial charge >= 0.3 is 11.9 Å². The van der Waals surface area contributed by atoms with E-state index in [2.05, 4.69) is 0 Å². The SMILES string of the molecule is COC1C/C=C\C[C@@H](O)C/C=C(C)/C=C/C(=O)O[C@@H](C(C)C(O)C(C)[C@@H](O)C(C)CCC2C[C@H](OC)CC(C)O2)C[C@H](O)[C@H](C)[C@@H](OC)CC2CC=C[C@@H](CC(O)C/C=C(C)/C=C/C(=O)OC(C(C)CCC3C[C@H](OC)CC(C)O3)C(C)C(O)[C@@H](C)C(O)C[C@H](O)[C@H](C)[C@@H](OC)C1)O2. The zero-order chi connectivity index (χ0) is 72.9. The molecule has 2 bridgehead atoms. The van der Waals surface area contributed by atoms with Crippen molar-refractivity contribution in [1.29, 1.82) is 0 Å². The number of ether oxygens (including phenoxy) is 10. The number of hydrogen-bond acceptors (Lipinski definition) is 20. The molecule has 2 fully saturated rings. The summed E-state index contributed by atoms with van der Waals surface area (Å²) in [5, 5.41) is 93.6. The molecule has 0 radical (unpaired) electrons. The van der Waals surface area contributed by atoms with Gasteiger partial charge in [-0.15, -0.1) is 0 Å². The molecule has 4 aliphatic heterocycles. The lowest BCUT2D eigenvalue weighted by Crippen LogP contribution is -2.45. The van der Waals surface area contributed by atoms with Crippen molar-refractivity contribution in [2.24, 2.45) is 47.3 Å². The quantitative estimate of drug-likeness (QED) is 0.0496. The fraction of sp³-hybridized carbons (Fsp3) is 0.821. The Kier molecular flexibility index (Phi) is 40.1. The van der Waals surface area contributed by atoms with E-state index in [9.17, 15) is 50.4 Å². The predicted molar refractivity (Wildman–Crippen MR) is 380 cm³/mol. The highest BCUT2D eigenvalue weighted by Crippen LogP contribution is 2.36. The van der Waals surface area contributed by atoms with Gasteiger partial charge < -0.3 is 88.2 Å². The molecule has 2 saturated heterocycles. The summed E-state index contributed by atoms with van der Waals surface area (Å²) in [6.45, 7) is 22.5. The molecule has 566 valence electrons. The number of fused-ring (bicyclic) bond motifs is 2. The molecule has 0 saturated carbocycles. The molecule has 29 atom stereocenters. The van der Waals surface area contributed by atoms with Gasteiger partial charge in [0.15, 0.2) is 0 Å². The van der Waals surface area contributed by atoms with Crippen LogP contribution in [0.3, 0.4) is 0 Å². The molecular formula is C78H134O20. The van der Waals surface area contributed by atoms with Gasteiger partial charge in [-0.05, 0) is 129 Å². The Balaban J connectivity index is 1.59. The first-order valence-electron chi connectivity index (χ1n) is 36.9. The molecule has 0 aromatic rings. The van der Waals surface area contributed by atoms with Gasteiger partial charge in [0, 0.05) is 109 Å². The maximum atomic E-state index is 13.8. The van der Waals surface area contributed by atoms with E-state index in [0.717, 1.165) is 32.1 Å². The van der Waals surface area contributed by atoms with Gasteiger partial charge in [-0.25, -0.2) is 9.59 Å². The predicted octanol–water partition coefficient (Wildman–Crippen LogP) is 10.4. The Morgan fingerprint density at radius 3 is 1.56 bits per heavy atom. The highest BCUT2D eigenvalue weighted by atomic mass is 16.6. The number of methoxy groups -OCH3 is 5. The molecule has 0 aromatic carbocycles. The van der Waals surface area contributed by atoms with Crippen LogP contribution in [0.5, 0.6) is 0 Å². The van der Waals surface area contributed by atoms with Crippen LogP contribution in [-0.2, 0) is 57.0 Å². The molecule has 16 unspecified atom stereocenters. The molecule has 98 heavy (non-hydrogen) atoms.